The lowest BCUT2D eigenvalue weighted by atomic mass is 10.0. The lowest BCUT2D eigenvalue weighted by molar-refractivity contribution is 0.0934. The van der Waals surface area contributed by atoms with Crippen LogP contribution in [0.5, 0.6) is 0 Å². The fourth-order valence-corrected chi connectivity index (χ4v) is 4.00. The van der Waals surface area contributed by atoms with E-state index in [1.807, 2.05) is 30.5 Å². The van der Waals surface area contributed by atoms with Gasteiger partial charge in [-0.2, -0.15) is 0 Å². The highest BCUT2D eigenvalue weighted by molar-refractivity contribution is 7.11. The van der Waals surface area contributed by atoms with Crippen molar-refractivity contribution in [2.75, 3.05) is 5.32 Å². The van der Waals surface area contributed by atoms with Crippen molar-refractivity contribution in [2.45, 2.75) is 52.5 Å². The zero-order valence-electron chi connectivity index (χ0n) is 17.6. The summed E-state index contributed by atoms with van der Waals surface area (Å²) in [5, 5.41) is 9.16. The molecule has 0 aliphatic heterocycles. The minimum absolute atomic E-state index is 0.172. The van der Waals surface area contributed by atoms with Crippen molar-refractivity contribution in [3.63, 3.8) is 0 Å². The van der Waals surface area contributed by atoms with Crippen LogP contribution in [0.2, 0.25) is 5.02 Å². The number of hydrogen-bond acceptors (Lipinski definition) is 6. The van der Waals surface area contributed by atoms with Gasteiger partial charge in [0.1, 0.15) is 5.82 Å². The van der Waals surface area contributed by atoms with E-state index in [-0.39, 0.29) is 11.9 Å². The Bertz CT molecular complexity index is 1000. The Balaban J connectivity index is 1.75. The highest BCUT2D eigenvalue weighted by Gasteiger charge is 2.19. The first-order valence-corrected chi connectivity index (χ1v) is 11.2. The minimum Gasteiger partial charge on any atom is -0.343 e. The standard InChI is InChI=1S/C22H26ClN5OS/c1-5-6-18(27-21(29)22-28-19(12-30-22)13(2)3)15-9-17(23)20(25-10-15)26-16-8-7-14(4)24-11-16/h7-13,18H,5-6H2,1-4H3,(H,25,26)(H,27,29)/t18-/m1/s1. The molecule has 8 heteroatoms. The van der Waals surface area contributed by atoms with E-state index in [0.29, 0.717) is 21.8 Å². The first-order valence-electron chi connectivity index (χ1n) is 9.98. The van der Waals surface area contributed by atoms with E-state index in [4.69, 9.17) is 11.6 Å². The number of thiazole rings is 1. The number of amides is 1. The van der Waals surface area contributed by atoms with Crippen LogP contribution in [0.3, 0.4) is 0 Å². The van der Waals surface area contributed by atoms with Gasteiger partial charge in [-0.25, -0.2) is 9.97 Å². The predicted molar refractivity (Wildman–Crippen MR) is 123 cm³/mol. The minimum atomic E-state index is -0.186. The van der Waals surface area contributed by atoms with E-state index in [9.17, 15) is 4.79 Å². The molecule has 3 rings (SSSR count). The third-order valence-electron chi connectivity index (χ3n) is 4.63. The summed E-state index contributed by atoms with van der Waals surface area (Å²) in [5.41, 5.74) is 3.55. The number of hydrogen-bond donors (Lipinski definition) is 2. The molecule has 30 heavy (non-hydrogen) atoms. The number of halogens is 1. The normalized spacial score (nSPS) is 12.1. The molecule has 3 heterocycles. The van der Waals surface area contributed by atoms with Gasteiger partial charge in [0.15, 0.2) is 5.01 Å². The Kier molecular flexibility index (Phi) is 7.39. The largest absolute Gasteiger partial charge is 0.343 e. The Morgan fingerprint density at radius 2 is 2.03 bits per heavy atom. The summed E-state index contributed by atoms with van der Waals surface area (Å²) >= 11 is 7.85. The number of carbonyl (C=O) groups excluding carboxylic acids is 1. The SMILES string of the molecule is CCC[C@@H](NC(=O)c1nc(C(C)C)cs1)c1cnc(Nc2ccc(C)nc2)c(Cl)c1. The van der Waals surface area contributed by atoms with E-state index in [1.165, 1.54) is 11.3 Å². The maximum atomic E-state index is 12.7. The lowest BCUT2D eigenvalue weighted by Crippen LogP contribution is -2.28. The fourth-order valence-electron chi connectivity index (χ4n) is 2.90. The zero-order valence-corrected chi connectivity index (χ0v) is 19.1. The third kappa shape index (κ3) is 5.55. The van der Waals surface area contributed by atoms with Crippen LogP contribution >= 0.6 is 22.9 Å². The maximum Gasteiger partial charge on any atom is 0.280 e. The van der Waals surface area contributed by atoms with Crippen molar-refractivity contribution in [2.24, 2.45) is 0 Å². The third-order valence-corrected chi connectivity index (χ3v) is 5.78. The van der Waals surface area contributed by atoms with E-state index in [2.05, 4.69) is 46.4 Å². The molecular formula is C22H26ClN5OS. The monoisotopic (exact) mass is 443 g/mol. The van der Waals surface area contributed by atoms with Crippen molar-refractivity contribution in [3.05, 3.63) is 63.0 Å². The average Bonchev–Trinajstić information content (AvgIpc) is 3.21. The molecule has 158 valence electrons. The van der Waals surface area contributed by atoms with Crippen molar-refractivity contribution in [3.8, 4) is 0 Å². The molecule has 6 nitrogen and oxygen atoms in total. The predicted octanol–water partition coefficient (Wildman–Crippen LogP) is 6.03. The number of nitrogens with one attached hydrogen (secondary N) is 2. The van der Waals surface area contributed by atoms with Crippen LogP contribution < -0.4 is 10.6 Å². The smallest absolute Gasteiger partial charge is 0.280 e. The molecule has 3 aromatic rings. The van der Waals surface area contributed by atoms with Gasteiger partial charge in [0.2, 0.25) is 0 Å². The number of anilines is 2. The second-order valence-electron chi connectivity index (χ2n) is 7.46. The molecule has 0 fully saturated rings. The summed E-state index contributed by atoms with van der Waals surface area (Å²) < 4.78 is 0. The number of rotatable bonds is 8. The summed E-state index contributed by atoms with van der Waals surface area (Å²) in [5.74, 6) is 0.671. The number of nitrogens with zero attached hydrogens (tertiary/aromatic N) is 3. The van der Waals surface area contributed by atoms with Crippen LogP contribution in [0.25, 0.3) is 0 Å². The Hall–Kier alpha value is -2.51. The van der Waals surface area contributed by atoms with Crippen LogP contribution in [0, 0.1) is 6.92 Å². The second kappa shape index (κ2) is 10.00. The molecule has 0 aliphatic carbocycles. The number of aryl methyl sites for hydroxylation is 1. The first kappa shape index (κ1) is 22.2. The van der Waals surface area contributed by atoms with E-state index in [0.717, 1.165) is 35.5 Å². The molecule has 0 unspecified atom stereocenters. The highest BCUT2D eigenvalue weighted by Crippen LogP contribution is 2.28. The van der Waals surface area contributed by atoms with Crippen molar-refractivity contribution in [1.29, 1.82) is 0 Å². The molecule has 0 radical (unpaired) electrons. The van der Waals surface area contributed by atoms with Gasteiger partial charge in [0, 0.05) is 17.3 Å². The molecule has 0 aliphatic rings. The first-order chi connectivity index (χ1) is 14.4. The van der Waals surface area contributed by atoms with Gasteiger partial charge in [-0.15, -0.1) is 11.3 Å². The van der Waals surface area contributed by atoms with Crippen molar-refractivity contribution >= 4 is 40.4 Å². The topological polar surface area (TPSA) is 79.8 Å². The van der Waals surface area contributed by atoms with Crippen LogP contribution in [0.1, 0.15) is 72.3 Å². The highest BCUT2D eigenvalue weighted by atomic mass is 35.5. The molecule has 1 atom stereocenters. The summed E-state index contributed by atoms with van der Waals surface area (Å²) in [6, 6.07) is 5.50. The average molecular weight is 444 g/mol. The maximum absolute atomic E-state index is 12.7. The van der Waals surface area contributed by atoms with Crippen molar-refractivity contribution in [1.82, 2.24) is 20.3 Å². The Morgan fingerprint density at radius 1 is 1.23 bits per heavy atom. The van der Waals surface area contributed by atoms with Crippen LogP contribution in [0.15, 0.2) is 36.0 Å². The van der Waals surface area contributed by atoms with E-state index >= 15 is 0 Å². The number of aromatic nitrogens is 3. The van der Waals surface area contributed by atoms with E-state index < -0.39 is 0 Å². The van der Waals surface area contributed by atoms with Gasteiger partial charge in [-0.1, -0.05) is 38.8 Å². The van der Waals surface area contributed by atoms with Crippen LogP contribution in [-0.4, -0.2) is 20.9 Å². The number of carbonyl (C=O) groups is 1. The summed E-state index contributed by atoms with van der Waals surface area (Å²) in [4.78, 5) is 25.9. The zero-order chi connectivity index (χ0) is 21.7. The molecule has 2 N–H and O–H groups in total. The van der Waals surface area contributed by atoms with Gasteiger partial charge < -0.3 is 10.6 Å². The van der Waals surface area contributed by atoms with Gasteiger partial charge in [-0.3, -0.25) is 9.78 Å². The van der Waals surface area contributed by atoms with Gasteiger partial charge in [0.05, 0.1) is 28.6 Å². The van der Waals surface area contributed by atoms with Crippen LogP contribution in [-0.2, 0) is 0 Å². The quantitative estimate of drug-likeness (QED) is 0.444. The molecule has 0 saturated carbocycles. The summed E-state index contributed by atoms with van der Waals surface area (Å²) in [6.45, 7) is 8.13. The van der Waals surface area contributed by atoms with Gasteiger partial charge in [0.25, 0.3) is 5.91 Å². The van der Waals surface area contributed by atoms with Crippen molar-refractivity contribution < 1.29 is 4.79 Å². The molecule has 0 saturated heterocycles. The molecule has 0 aromatic carbocycles. The van der Waals surface area contributed by atoms with Gasteiger partial charge >= 0.3 is 0 Å². The van der Waals surface area contributed by atoms with Gasteiger partial charge in [-0.05, 0) is 43.0 Å². The second-order valence-corrected chi connectivity index (χ2v) is 8.72. The molecule has 0 spiro atoms. The number of pyridine rings is 2. The lowest BCUT2D eigenvalue weighted by Gasteiger charge is -2.19. The summed E-state index contributed by atoms with van der Waals surface area (Å²) in [6.07, 6.45) is 5.17. The molecule has 1 amide bonds. The van der Waals surface area contributed by atoms with Crippen LogP contribution in [0.4, 0.5) is 11.5 Å². The fraction of sp³-hybridized carbons (Fsp3) is 0.364. The Labute approximate surface area is 186 Å². The molecule has 3 aromatic heterocycles. The Morgan fingerprint density at radius 3 is 2.63 bits per heavy atom. The van der Waals surface area contributed by atoms with E-state index in [1.54, 1.807) is 12.4 Å². The summed E-state index contributed by atoms with van der Waals surface area (Å²) in [7, 11) is 0. The molecule has 0 bridgehead atoms. The molecular weight excluding hydrogens is 418 g/mol.